The highest BCUT2D eigenvalue weighted by molar-refractivity contribution is 6.31. The van der Waals surface area contributed by atoms with E-state index in [1.54, 1.807) is 48.4 Å². The van der Waals surface area contributed by atoms with Gasteiger partial charge in [-0.15, -0.1) is 0 Å². The molecule has 0 saturated carbocycles. The van der Waals surface area contributed by atoms with Crippen molar-refractivity contribution in [2.24, 2.45) is 5.92 Å². The van der Waals surface area contributed by atoms with Crippen LogP contribution < -0.4 is 20.3 Å². The summed E-state index contributed by atoms with van der Waals surface area (Å²) in [6.07, 6.45) is 0.0869. The number of halogens is 1. The van der Waals surface area contributed by atoms with Crippen LogP contribution in [0.25, 0.3) is 0 Å². The van der Waals surface area contributed by atoms with Crippen LogP contribution in [0, 0.1) is 12.8 Å². The SMILES string of the molecule is COc1ccc(CNC(=O)c2ccccc2NC(=O)[C@@H]2CC(=O)N(c3cccc(Cl)c3C)C2)cc1. The minimum absolute atomic E-state index is 0.0869. The molecule has 3 aromatic rings. The van der Waals surface area contributed by atoms with Gasteiger partial charge in [0.15, 0.2) is 0 Å². The van der Waals surface area contributed by atoms with E-state index < -0.39 is 5.92 Å². The Bertz CT molecular complexity index is 1260. The largest absolute Gasteiger partial charge is 0.497 e. The average molecular weight is 492 g/mol. The van der Waals surface area contributed by atoms with Crippen molar-refractivity contribution < 1.29 is 19.1 Å². The van der Waals surface area contributed by atoms with Crippen molar-refractivity contribution >= 4 is 40.7 Å². The van der Waals surface area contributed by atoms with Gasteiger partial charge in [-0.25, -0.2) is 0 Å². The maximum absolute atomic E-state index is 13.0. The van der Waals surface area contributed by atoms with E-state index in [0.717, 1.165) is 16.9 Å². The predicted octanol–water partition coefficient (Wildman–Crippen LogP) is 4.58. The third kappa shape index (κ3) is 5.46. The summed E-state index contributed by atoms with van der Waals surface area (Å²) in [7, 11) is 1.60. The average Bonchev–Trinajstić information content (AvgIpc) is 3.26. The Morgan fingerprint density at radius 2 is 1.80 bits per heavy atom. The van der Waals surface area contributed by atoms with E-state index >= 15 is 0 Å². The quantitative estimate of drug-likeness (QED) is 0.506. The van der Waals surface area contributed by atoms with Crippen LogP contribution in [-0.4, -0.2) is 31.4 Å². The number of benzene rings is 3. The minimum atomic E-state index is -0.545. The summed E-state index contributed by atoms with van der Waals surface area (Å²) >= 11 is 6.21. The predicted molar refractivity (Wildman–Crippen MR) is 136 cm³/mol. The molecule has 0 aromatic heterocycles. The fraction of sp³-hybridized carbons (Fsp3) is 0.222. The van der Waals surface area contributed by atoms with E-state index in [2.05, 4.69) is 10.6 Å². The Kier molecular flexibility index (Phi) is 7.36. The Hall–Kier alpha value is -3.84. The van der Waals surface area contributed by atoms with E-state index in [9.17, 15) is 14.4 Å². The molecule has 0 aliphatic carbocycles. The maximum Gasteiger partial charge on any atom is 0.253 e. The first-order chi connectivity index (χ1) is 16.9. The van der Waals surface area contributed by atoms with Gasteiger partial charge < -0.3 is 20.3 Å². The van der Waals surface area contributed by atoms with E-state index in [1.165, 1.54) is 0 Å². The second-order valence-corrected chi connectivity index (χ2v) is 8.76. The van der Waals surface area contributed by atoms with Gasteiger partial charge in [-0.2, -0.15) is 0 Å². The van der Waals surface area contributed by atoms with Crippen LogP contribution in [0.5, 0.6) is 5.75 Å². The Labute approximate surface area is 209 Å². The zero-order valence-electron chi connectivity index (χ0n) is 19.5. The van der Waals surface area contributed by atoms with Gasteiger partial charge in [0.2, 0.25) is 11.8 Å². The fourth-order valence-electron chi connectivity index (χ4n) is 4.05. The van der Waals surface area contributed by atoms with Gasteiger partial charge in [0, 0.05) is 30.2 Å². The Morgan fingerprint density at radius 1 is 1.06 bits per heavy atom. The number of carbonyl (C=O) groups is 3. The summed E-state index contributed by atoms with van der Waals surface area (Å²) in [4.78, 5) is 40.2. The summed E-state index contributed by atoms with van der Waals surface area (Å²) < 4.78 is 5.15. The van der Waals surface area contributed by atoms with E-state index in [4.69, 9.17) is 16.3 Å². The number of hydrogen-bond donors (Lipinski definition) is 2. The number of carbonyl (C=O) groups excluding carboxylic acids is 3. The van der Waals surface area contributed by atoms with Crippen LogP contribution in [0.4, 0.5) is 11.4 Å². The van der Waals surface area contributed by atoms with Crippen LogP contribution in [0.3, 0.4) is 0 Å². The lowest BCUT2D eigenvalue weighted by Crippen LogP contribution is -2.29. The summed E-state index contributed by atoms with van der Waals surface area (Å²) in [5, 5.41) is 6.29. The van der Waals surface area contributed by atoms with Crippen molar-refractivity contribution in [3.05, 3.63) is 88.4 Å². The van der Waals surface area contributed by atoms with Crippen LogP contribution in [0.15, 0.2) is 66.7 Å². The Morgan fingerprint density at radius 3 is 2.54 bits per heavy atom. The lowest BCUT2D eigenvalue weighted by Gasteiger charge is -2.20. The molecule has 1 aliphatic rings. The topological polar surface area (TPSA) is 87.7 Å². The van der Waals surface area contributed by atoms with Crippen molar-refractivity contribution in [1.29, 1.82) is 0 Å². The monoisotopic (exact) mass is 491 g/mol. The molecule has 7 nitrogen and oxygen atoms in total. The fourth-order valence-corrected chi connectivity index (χ4v) is 4.22. The van der Waals surface area contributed by atoms with E-state index in [-0.39, 0.29) is 30.7 Å². The molecule has 2 N–H and O–H groups in total. The normalized spacial score (nSPS) is 15.1. The first-order valence-electron chi connectivity index (χ1n) is 11.2. The summed E-state index contributed by atoms with van der Waals surface area (Å²) in [5.41, 5.74) is 3.16. The maximum atomic E-state index is 13.0. The highest BCUT2D eigenvalue weighted by Gasteiger charge is 2.36. The number of ether oxygens (including phenoxy) is 1. The summed E-state index contributed by atoms with van der Waals surface area (Å²) in [6.45, 7) is 2.42. The molecule has 3 aromatic carbocycles. The molecule has 8 heteroatoms. The second kappa shape index (κ2) is 10.6. The lowest BCUT2D eigenvalue weighted by molar-refractivity contribution is -0.122. The molecule has 35 heavy (non-hydrogen) atoms. The van der Waals surface area contributed by atoms with Crippen molar-refractivity contribution in [3.8, 4) is 5.75 Å². The van der Waals surface area contributed by atoms with Crippen LogP contribution in [-0.2, 0) is 16.1 Å². The molecule has 0 bridgehead atoms. The number of rotatable bonds is 7. The molecular weight excluding hydrogens is 466 g/mol. The van der Waals surface area contributed by atoms with Crippen LogP contribution in [0.2, 0.25) is 5.02 Å². The smallest absolute Gasteiger partial charge is 0.253 e. The van der Waals surface area contributed by atoms with Gasteiger partial charge in [0.1, 0.15) is 5.75 Å². The molecule has 0 spiro atoms. The van der Waals surface area contributed by atoms with Gasteiger partial charge in [0.25, 0.3) is 5.91 Å². The molecule has 1 atom stereocenters. The lowest BCUT2D eigenvalue weighted by atomic mass is 10.1. The summed E-state index contributed by atoms with van der Waals surface area (Å²) in [5.74, 6) is -0.564. The molecule has 1 heterocycles. The molecule has 4 rings (SSSR count). The van der Waals surface area contributed by atoms with Crippen LogP contribution in [0.1, 0.15) is 27.9 Å². The molecule has 0 unspecified atom stereocenters. The van der Waals surface area contributed by atoms with Crippen LogP contribution >= 0.6 is 11.6 Å². The molecule has 180 valence electrons. The van der Waals surface area contributed by atoms with Gasteiger partial charge in [-0.05, 0) is 54.4 Å². The molecular formula is C27H26ClN3O4. The zero-order valence-corrected chi connectivity index (χ0v) is 20.3. The molecule has 1 fully saturated rings. The highest BCUT2D eigenvalue weighted by atomic mass is 35.5. The van der Waals surface area contributed by atoms with Crippen molar-refractivity contribution in [2.75, 3.05) is 23.9 Å². The second-order valence-electron chi connectivity index (χ2n) is 8.35. The highest BCUT2D eigenvalue weighted by Crippen LogP contribution is 2.32. The standard InChI is InChI=1S/C27H26ClN3O4/c1-17-22(28)7-5-9-24(17)31-16-19(14-25(31)32)26(33)30-23-8-4-3-6-21(23)27(34)29-15-18-10-12-20(35-2)13-11-18/h3-13,19H,14-16H2,1-2H3,(H,29,34)(H,30,33)/t19-/m1/s1. The number of nitrogens with one attached hydrogen (secondary N) is 2. The van der Waals surface area contributed by atoms with Crippen molar-refractivity contribution in [2.45, 2.75) is 19.9 Å². The van der Waals surface area contributed by atoms with E-state index in [0.29, 0.717) is 28.5 Å². The molecule has 1 aliphatic heterocycles. The number of anilines is 2. The number of hydrogen-bond acceptors (Lipinski definition) is 4. The van der Waals surface area contributed by atoms with Gasteiger partial charge >= 0.3 is 0 Å². The first-order valence-corrected chi connectivity index (χ1v) is 11.6. The van der Waals surface area contributed by atoms with Gasteiger partial charge in [-0.1, -0.05) is 41.9 Å². The van der Waals surface area contributed by atoms with Gasteiger partial charge in [0.05, 0.1) is 24.3 Å². The first kappa shape index (κ1) is 24.3. The van der Waals surface area contributed by atoms with Crippen molar-refractivity contribution in [3.63, 3.8) is 0 Å². The minimum Gasteiger partial charge on any atom is -0.497 e. The third-order valence-electron chi connectivity index (χ3n) is 6.07. The zero-order chi connectivity index (χ0) is 24.9. The van der Waals surface area contributed by atoms with Crippen molar-refractivity contribution in [1.82, 2.24) is 5.32 Å². The summed E-state index contributed by atoms with van der Waals surface area (Å²) in [6, 6.07) is 19.6. The number of para-hydroxylation sites is 1. The van der Waals surface area contributed by atoms with E-state index in [1.807, 2.05) is 37.3 Å². The third-order valence-corrected chi connectivity index (χ3v) is 6.48. The van der Waals surface area contributed by atoms with Gasteiger partial charge in [-0.3, -0.25) is 14.4 Å². The molecule has 3 amide bonds. The number of nitrogens with zero attached hydrogens (tertiary/aromatic N) is 1. The number of amides is 3. The number of methoxy groups -OCH3 is 1. The molecule has 1 saturated heterocycles. The Balaban J connectivity index is 1.42. The molecule has 0 radical (unpaired) electrons.